The maximum Gasteiger partial charge on any atom is 0.248 e. The summed E-state index contributed by atoms with van der Waals surface area (Å²) < 4.78 is 0. The van der Waals surface area contributed by atoms with Crippen molar-refractivity contribution < 1.29 is 4.79 Å². The van der Waals surface area contributed by atoms with Gasteiger partial charge in [0.25, 0.3) is 0 Å². The molecule has 1 atom stereocenters. The number of nitrogens with one attached hydrogen (secondary N) is 2. The van der Waals surface area contributed by atoms with Gasteiger partial charge in [0.05, 0.1) is 5.52 Å². The zero-order chi connectivity index (χ0) is 13.3. The van der Waals surface area contributed by atoms with E-state index in [1.807, 2.05) is 13.0 Å². The monoisotopic (exact) mass is 264 g/mol. The van der Waals surface area contributed by atoms with Crippen molar-refractivity contribution >= 4 is 34.1 Å². The third kappa shape index (κ3) is 2.54. The largest absolute Gasteiger partial charge is 0.325 e. The number of aryl methyl sites for hydroxylation is 1. The van der Waals surface area contributed by atoms with Gasteiger partial charge in [0.15, 0.2) is 0 Å². The summed E-state index contributed by atoms with van der Waals surface area (Å²) in [6, 6.07) is 6.91. The van der Waals surface area contributed by atoms with Gasteiger partial charge < -0.3 is 10.3 Å². The molecule has 0 saturated carbocycles. The lowest BCUT2D eigenvalue weighted by Gasteiger charge is -2.08. The van der Waals surface area contributed by atoms with Crippen molar-refractivity contribution in [1.82, 2.24) is 4.98 Å². The summed E-state index contributed by atoms with van der Waals surface area (Å²) in [7, 11) is 0. The molecule has 1 aromatic heterocycles. The van der Waals surface area contributed by atoms with E-state index >= 15 is 0 Å². The number of aromatic amines is 1. The Kier molecular flexibility index (Phi) is 3.39. The normalized spacial score (nSPS) is 12.4. The lowest BCUT2D eigenvalue weighted by Crippen LogP contribution is -2.20. The van der Waals surface area contributed by atoms with Crippen LogP contribution in [0.5, 0.6) is 0 Å². The summed E-state index contributed by atoms with van der Waals surface area (Å²) in [5.41, 5.74) is 2.05. The fourth-order valence-electron chi connectivity index (χ4n) is 1.75. The number of alkyl halides is 1. The number of amides is 1. The summed E-state index contributed by atoms with van der Waals surface area (Å²) in [5.74, 6) is -0.272. The van der Waals surface area contributed by atoms with Gasteiger partial charge in [0, 0.05) is 17.1 Å². The molecule has 5 heteroatoms. The van der Waals surface area contributed by atoms with Crippen molar-refractivity contribution in [2.75, 3.05) is 5.32 Å². The summed E-state index contributed by atoms with van der Waals surface area (Å²) in [5, 5.41) is 3.03. The molecule has 1 unspecified atom stereocenters. The predicted octanol–water partition coefficient (Wildman–Crippen LogP) is 2.40. The van der Waals surface area contributed by atoms with Crippen molar-refractivity contribution in [3.63, 3.8) is 0 Å². The molecule has 2 N–H and O–H groups in total. The van der Waals surface area contributed by atoms with Crippen LogP contribution in [-0.2, 0) is 4.79 Å². The first kappa shape index (κ1) is 12.6. The van der Waals surface area contributed by atoms with Crippen molar-refractivity contribution in [3.05, 3.63) is 40.2 Å². The molecule has 0 bridgehead atoms. The number of rotatable bonds is 2. The van der Waals surface area contributed by atoms with Crippen LogP contribution in [0, 0.1) is 6.92 Å². The Morgan fingerprint density at radius 3 is 2.78 bits per heavy atom. The number of carbonyl (C=O) groups excluding carboxylic acids is 1. The van der Waals surface area contributed by atoms with Gasteiger partial charge in [-0.3, -0.25) is 9.59 Å². The average molecular weight is 265 g/mol. The number of anilines is 1. The number of pyridine rings is 1. The van der Waals surface area contributed by atoms with Crippen LogP contribution >= 0.6 is 11.6 Å². The van der Waals surface area contributed by atoms with Gasteiger partial charge in [-0.1, -0.05) is 6.07 Å². The topological polar surface area (TPSA) is 62.0 Å². The summed E-state index contributed by atoms with van der Waals surface area (Å²) >= 11 is 5.68. The number of H-pyrrole nitrogens is 1. The highest BCUT2D eigenvalue weighted by atomic mass is 35.5. The predicted molar refractivity (Wildman–Crippen MR) is 73.3 cm³/mol. The smallest absolute Gasteiger partial charge is 0.248 e. The van der Waals surface area contributed by atoms with Gasteiger partial charge in [-0.2, -0.15) is 0 Å². The number of carbonyl (C=O) groups is 1. The van der Waals surface area contributed by atoms with Crippen LogP contribution in [0.2, 0.25) is 0 Å². The second-order valence-corrected chi connectivity index (χ2v) is 4.84. The van der Waals surface area contributed by atoms with E-state index in [9.17, 15) is 9.59 Å². The minimum Gasteiger partial charge on any atom is -0.325 e. The Morgan fingerprint density at radius 2 is 2.11 bits per heavy atom. The Morgan fingerprint density at radius 1 is 1.39 bits per heavy atom. The van der Waals surface area contributed by atoms with Crippen LogP contribution in [0.4, 0.5) is 5.69 Å². The summed E-state index contributed by atoms with van der Waals surface area (Å²) in [6.45, 7) is 3.47. The third-order valence-electron chi connectivity index (χ3n) is 2.68. The maximum atomic E-state index is 11.5. The van der Waals surface area contributed by atoms with Crippen LogP contribution in [0.1, 0.15) is 12.5 Å². The molecule has 1 heterocycles. The van der Waals surface area contributed by atoms with E-state index in [1.54, 1.807) is 25.1 Å². The minimum atomic E-state index is -0.600. The molecular formula is C13H13ClN2O2. The van der Waals surface area contributed by atoms with Gasteiger partial charge in [-0.15, -0.1) is 11.6 Å². The fourth-order valence-corrected chi connectivity index (χ4v) is 1.81. The first-order valence-corrected chi connectivity index (χ1v) is 5.99. The molecule has 0 saturated heterocycles. The van der Waals surface area contributed by atoms with Crippen molar-refractivity contribution in [2.45, 2.75) is 19.2 Å². The summed E-state index contributed by atoms with van der Waals surface area (Å²) in [6.07, 6.45) is 0. The van der Waals surface area contributed by atoms with Gasteiger partial charge in [0.2, 0.25) is 11.5 Å². The average Bonchev–Trinajstić information content (AvgIpc) is 2.27. The second-order valence-electron chi connectivity index (χ2n) is 4.18. The molecule has 2 rings (SSSR count). The highest BCUT2D eigenvalue weighted by Gasteiger charge is 2.09. The number of halogens is 1. The Balaban J connectivity index is 2.44. The molecule has 0 radical (unpaired) electrons. The molecule has 94 valence electrons. The maximum absolute atomic E-state index is 11.5. The van der Waals surface area contributed by atoms with E-state index in [2.05, 4.69) is 10.3 Å². The SMILES string of the molecule is Cc1cc(=O)[nH]c2cc(NC(=O)C(C)Cl)ccc12. The Labute approximate surface area is 109 Å². The van der Waals surface area contributed by atoms with Crippen LogP contribution < -0.4 is 10.9 Å². The molecule has 18 heavy (non-hydrogen) atoms. The second kappa shape index (κ2) is 4.82. The molecule has 2 aromatic rings. The molecule has 0 aliphatic carbocycles. The Hall–Kier alpha value is -1.81. The minimum absolute atomic E-state index is 0.158. The van der Waals surface area contributed by atoms with Crippen molar-refractivity contribution in [1.29, 1.82) is 0 Å². The molecule has 0 aliphatic rings. The lowest BCUT2D eigenvalue weighted by atomic mass is 10.1. The van der Waals surface area contributed by atoms with E-state index in [4.69, 9.17) is 11.6 Å². The van der Waals surface area contributed by atoms with Crippen molar-refractivity contribution in [3.8, 4) is 0 Å². The zero-order valence-corrected chi connectivity index (χ0v) is 10.8. The highest BCUT2D eigenvalue weighted by Crippen LogP contribution is 2.19. The van der Waals surface area contributed by atoms with Gasteiger partial charge in [-0.25, -0.2) is 0 Å². The first-order chi connectivity index (χ1) is 8.47. The number of fused-ring (bicyclic) bond motifs is 1. The number of benzene rings is 1. The van der Waals surface area contributed by atoms with E-state index < -0.39 is 5.38 Å². The number of hydrogen-bond acceptors (Lipinski definition) is 2. The van der Waals surface area contributed by atoms with Crippen LogP contribution in [0.3, 0.4) is 0 Å². The number of aromatic nitrogens is 1. The molecule has 0 aliphatic heterocycles. The molecule has 1 amide bonds. The van der Waals surface area contributed by atoms with E-state index in [1.165, 1.54) is 0 Å². The van der Waals surface area contributed by atoms with E-state index in [-0.39, 0.29) is 11.5 Å². The van der Waals surface area contributed by atoms with Gasteiger partial charge in [-0.05, 0) is 31.5 Å². The van der Waals surface area contributed by atoms with Crippen LogP contribution in [0.25, 0.3) is 10.9 Å². The molecule has 4 nitrogen and oxygen atoms in total. The van der Waals surface area contributed by atoms with Crippen molar-refractivity contribution in [2.24, 2.45) is 0 Å². The molecular weight excluding hydrogens is 252 g/mol. The molecule has 1 aromatic carbocycles. The zero-order valence-electron chi connectivity index (χ0n) is 10.1. The van der Waals surface area contributed by atoms with Crippen LogP contribution in [-0.4, -0.2) is 16.3 Å². The van der Waals surface area contributed by atoms with Gasteiger partial charge >= 0.3 is 0 Å². The van der Waals surface area contributed by atoms with Crippen LogP contribution in [0.15, 0.2) is 29.1 Å². The highest BCUT2D eigenvalue weighted by molar-refractivity contribution is 6.32. The fraction of sp³-hybridized carbons (Fsp3) is 0.231. The first-order valence-electron chi connectivity index (χ1n) is 5.56. The lowest BCUT2D eigenvalue weighted by molar-refractivity contribution is -0.115. The molecule has 0 spiro atoms. The van der Waals surface area contributed by atoms with Gasteiger partial charge in [0.1, 0.15) is 5.38 Å². The summed E-state index contributed by atoms with van der Waals surface area (Å²) in [4.78, 5) is 25.6. The molecule has 0 fully saturated rings. The van der Waals surface area contributed by atoms with E-state index in [0.29, 0.717) is 11.2 Å². The third-order valence-corrected chi connectivity index (χ3v) is 2.88. The standard InChI is InChI=1S/C13H13ClN2O2/c1-7-5-12(17)16-11-6-9(3-4-10(7)11)15-13(18)8(2)14/h3-6,8H,1-2H3,(H,15,18)(H,16,17). The quantitative estimate of drug-likeness (QED) is 0.818. The Bertz CT molecular complexity index is 662. The number of hydrogen-bond donors (Lipinski definition) is 2. The van der Waals surface area contributed by atoms with E-state index in [0.717, 1.165) is 10.9 Å².